The fourth-order valence-electron chi connectivity index (χ4n) is 3.37. The molecule has 1 aromatic carbocycles. The zero-order chi connectivity index (χ0) is 22.1. The maximum Gasteiger partial charge on any atom is 0.410 e. The van der Waals surface area contributed by atoms with Crippen LogP contribution < -0.4 is 10.1 Å². The number of esters is 1. The molecule has 1 aliphatic heterocycles. The normalized spacial score (nSPS) is 16.1. The zero-order valence-electron chi connectivity index (χ0n) is 18.1. The Morgan fingerprint density at radius 2 is 2.06 bits per heavy atom. The van der Waals surface area contributed by atoms with Crippen LogP contribution in [0.2, 0.25) is 0 Å². The number of amides is 1. The van der Waals surface area contributed by atoms with Crippen molar-refractivity contribution < 1.29 is 23.8 Å². The van der Waals surface area contributed by atoms with Crippen LogP contribution in [0.5, 0.6) is 5.88 Å². The summed E-state index contributed by atoms with van der Waals surface area (Å²) in [6.45, 7) is 5.19. The van der Waals surface area contributed by atoms with Gasteiger partial charge in [-0.05, 0) is 18.9 Å². The number of aromatic nitrogens is 2. The number of hydrogen-bond donors (Lipinski definition) is 1. The van der Waals surface area contributed by atoms with Gasteiger partial charge in [-0.25, -0.2) is 4.79 Å². The first-order valence-electron chi connectivity index (χ1n) is 10.5. The van der Waals surface area contributed by atoms with Gasteiger partial charge in [-0.3, -0.25) is 9.48 Å². The van der Waals surface area contributed by atoms with E-state index in [2.05, 4.69) is 10.4 Å². The van der Waals surface area contributed by atoms with Crippen LogP contribution in [0.4, 0.5) is 4.79 Å². The van der Waals surface area contributed by atoms with Gasteiger partial charge < -0.3 is 24.4 Å². The third-order valence-electron chi connectivity index (χ3n) is 5.11. The topological polar surface area (TPSA) is 94.9 Å². The number of hydrogen-bond acceptors (Lipinski definition) is 7. The Morgan fingerprint density at radius 3 is 2.81 bits per heavy atom. The molecule has 2 heterocycles. The van der Waals surface area contributed by atoms with Crippen LogP contribution in [-0.4, -0.2) is 66.1 Å². The Labute approximate surface area is 182 Å². The van der Waals surface area contributed by atoms with E-state index in [1.165, 1.54) is 7.11 Å². The van der Waals surface area contributed by atoms with Crippen molar-refractivity contribution in [1.29, 1.82) is 0 Å². The molecule has 2 aromatic rings. The van der Waals surface area contributed by atoms with E-state index in [9.17, 15) is 9.59 Å². The van der Waals surface area contributed by atoms with Crippen LogP contribution in [-0.2, 0) is 33.8 Å². The Morgan fingerprint density at radius 1 is 1.26 bits per heavy atom. The molecule has 0 bridgehead atoms. The van der Waals surface area contributed by atoms with Crippen LogP contribution in [0.25, 0.3) is 0 Å². The van der Waals surface area contributed by atoms with Gasteiger partial charge in [-0.1, -0.05) is 30.3 Å². The standard InChI is InChI=1S/C22H30N4O5/c1-3-26-14-18(13-20(27)29-2)21(24-26)30-12-9-19-15-25(11-10-23-19)22(28)31-16-17-7-5-4-6-8-17/h4-8,14,19,23H,3,9-13,15-16H2,1-2H3/t19-/m1/s1. The highest BCUT2D eigenvalue weighted by molar-refractivity contribution is 5.73. The number of methoxy groups -OCH3 is 1. The van der Waals surface area contributed by atoms with Crippen molar-refractivity contribution in [3.63, 3.8) is 0 Å². The molecule has 1 aromatic heterocycles. The number of carbonyl (C=O) groups is 2. The van der Waals surface area contributed by atoms with Crippen molar-refractivity contribution >= 4 is 12.1 Å². The second kappa shape index (κ2) is 11.4. The fourth-order valence-corrected chi connectivity index (χ4v) is 3.37. The lowest BCUT2D eigenvalue weighted by Crippen LogP contribution is -2.53. The van der Waals surface area contributed by atoms with E-state index in [-0.39, 0.29) is 31.1 Å². The predicted octanol–water partition coefficient (Wildman–Crippen LogP) is 2.00. The lowest BCUT2D eigenvalue weighted by atomic mass is 10.1. The number of rotatable bonds is 9. The molecule has 168 valence electrons. The molecule has 1 fully saturated rings. The van der Waals surface area contributed by atoms with Gasteiger partial charge in [-0.15, -0.1) is 5.10 Å². The highest BCUT2D eigenvalue weighted by atomic mass is 16.6. The van der Waals surface area contributed by atoms with E-state index in [0.717, 1.165) is 5.56 Å². The molecule has 0 saturated carbocycles. The molecule has 9 nitrogen and oxygen atoms in total. The Kier molecular flexibility index (Phi) is 8.28. The number of benzene rings is 1. The molecule has 0 unspecified atom stereocenters. The fraction of sp³-hybridized carbons (Fsp3) is 0.500. The molecule has 1 saturated heterocycles. The van der Waals surface area contributed by atoms with Crippen molar-refractivity contribution in [2.75, 3.05) is 33.4 Å². The summed E-state index contributed by atoms with van der Waals surface area (Å²) in [7, 11) is 1.36. The minimum absolute atomic E-state index is 0.0929. The van der Waals surface area contributed by atoms with Gasteiger partial charge in [0.25, 0.3) is 0 Å². The van der Waals surface area contributed by atoms with Gasteiger partial charge in [-0.2, -0.15) is 0 Å². The van der Waals surface area contributed by atoms with Crippen molar-refractivity contribution in [1.82, 2.24) is 20.0 Å². The molecule has 1 amide bonds. The molecule has 0 aliphatic carbocycles. The van der Waals surface area contributed by atoms with Crippen LogP contribution in [0, 0.1) is 0 Å². The summed E-state index contributed by atoms with van der Waals surface area (Å²) in [5.41, 5.74) is 1.67. The molecule has 31 heavy (non-hydrogen) atoms. The summed E-state index contributed by atoms with van der Waals surface area (Å²) in [4.78, 5) is 25.8. The first-order valence-corrected chi connectivity index (χ1v) is 10.5. The molecule has 1 aliphatic rings. The van der Waals surface area contributed by atoms with Gasteiger partial charge in [0.2, 0.25) is 5.88 Å². The summed E-state index contributed by atoms with van der Waals surface area (Å²) in [5, 5.41) is 7.78. The molecule has 1 N–H and O–H groups in total. The molecule has 0 radical (unpaired) electrons. The zero-order valence-corrected chi connectivity index (χ0v) is 18.1. The van der Waals surface area contributed by atoms with Gasteiger partial charge in [0.05, 0.1) is 20.1 Å². The van der Waals surface area contributed by atoms with Gasteiger partial charge in [0.1, 0.15) is 6.61 Å². The third-order valence-corrected chi connectivity index (χ3v) is 5.11. The predicted molar refractivity (Wildman–Crippen MR) is 114 cm³/mol. The minimum atomic E-state index is -0.334. The SMILES string of the molecule is CCn1cc(CC(=O)OC)c(OCC[C@@H]2CN(C(=O)OCc3ccccc3)CCN2)n1. The first-order chi connectivity index (χ1) is 15.1. The van der Waals surface area contributed by atoms with E-state index < -0.39 is 0 Å². The summed E-state index contributed by atoms with van der Waals surface area (Å²) in [6.07, 6.45) is 2.31. The van der Waals surface area contributed by atoms with Crippen molar-refractivity contribution in [3.8, 4) is 5.88 Å². The average molecular weight is 431 g/mol. The molecule has 9 heteroatoms. The van der Waals surface area contributed by atoms with E-state index in [1.807, 2.05) is 37.3 Å². The van der Waals surface area contributed by atoms with E-state index in [1.54, 1.807) is 15.8 Å². The molecule has 3 rings (SSSR count). The second-order valence-electron chi connectivity index (χ2n) is 7.34. The number of nitrogens with one attached hydrogen (secondary N) is 1. The summed E-state index contributed by atoms with van der Waals surface area (Å²) >= 11 is 0. The molecule has 1 atom stereocenters. The minimum Gasteiger partial charge on any atom is -0.476 e. The summed E-state index contributed by atoms with van der Waals surface area (Å²) in [6, 6.07) is 9.72. The van der Waals surface area contributed by atoms with Crippen LogP contribution >= 0.6 is 0 Å². The highest BCUT2D eigenvalue weighted by Crippen LogP contribution is 2.18. The quantitative estimate of drug-likeness (QED) is 0.608. The highest BCUT2D eigenvalue weighted by Gasteiger charge is 2.24. The summed E-state index contributed by atoms with van der Waals surface area (Å²) < 4.78 is 17.8. The van der Waals surface area contributed by atoms with Crippen molar-refractivity contribution in [3.05, 3.63) is 47.7 Å². The Bertz CT molecular complexity index is 855. The maximum atomic E-state index is 12.4. The number of carbonyl (C=O) groups excluding carboxylic acids is 2. The smallest absolute Gasteiger partial charge is 0.410 e. The van der Waals surface area contributed by atoms with Crippen LogP contribution in [0.1, 0.15) is 24.5 Å². The van der Waals surface area contributed by atoms with E-state index in [0.29, 0.717) is 50.7 Å². The Balaban J connectivity index is 1.46. The van der Waals surface area contributed by atoms with Gasteiger partial charge in [0.15, 0.2) is 0 Å². The number of ether oxygens (including phenoxy) is 3. The van der Waals surface area contributed by atoms with Crippen LogP contribution in [0.3, 0.4) is 0 Å². The third kappa shape index (κ3) is 6.71. The van der Waals surface area contributed by atoms with E-state index >= 15 is 0 Å². The largest absolute Gasteiger partial charge is 0.476 e. The number of nitrogens with zero attached hydrogens (tertiary/aromatic N) is 3. The lowest BCUT2D eigenvalue weighted by Gasteiger charge is -2.33. The second-order valence-corrected chi connectivity index (χ2v) is 7.34. The number of aryl methyl sites for hydroxylation is 1. The van der Waals surface area contributed by atoms with Crippen LogP contribution in [0.15, 0.2) is 36.5 Å². The Hall–Kier alpha value is -3.07. The first kappa shape index (κ1) is 22.6. The number of piperazine rings is 1. The van der Waals surface area contributed by atoms with Crippen molar-refractivity contribution in [2.24, 2.45) is 0 Å². The average Bonchev–Trinajstić information content (AvgIpc) is 3.19. The van der Waals surface area contributed by atoms with Crippen molar-refractivity contribution in [2.45, 2.75) is 39.0 Å². The maximum absolute atomic E-state index is 12.4. The molecular weight excluding hydrogens is 400 g/mol. The monoisotopic (exact) mass is 430 g/mol. The molecular formula is C22H30N4O5. The van der Waals surface area contributed by atoms with Gasteiger partial charge >= 0.3 is 12.1 Å². The van der Waals surface area contributed by atoms with Gasteiger partial charge in [0, 0.05) is 44.0 Å². The van der Waals surface area contributed by atoms with E-state index in [4.69, 9.17) is 14.2 Å². The summed E-state index contributed by atoms with van der Waals surface area (Å²) in [5.74, 6) is 0.112. The lowest BCUT2D eigenvalue weighted by molar-refractivity contribution is -0.139. The molecule has 0 spiro atoms.